The van der Waals surface area contributed by atoms with Crippen LogP contribution in [-0.4, -0.2) is 22.6 Å². The van der Waals surface area contributed by atoms with Crippen LogP contribution in [0, 0.1) is 23.2 Å². The Kier molecular flexibility index (Phi) is 7.22. The predicted octanol–water partition coefficient (Wildman–Crippen LogP) is 8.90. The summed E-state index contributed by atoms with van der Waals surface area (Å²) in [4.78, 5) is 15.7. The fourth-order valence-corrected chi connectivity index (χ4v) is 8.97. The minimum atomic E-state index is -0.338. The van der Waals surface area contributed by atoms with Crippen LogP contribution >= 0.6 is 23.2 Å². The van der Waals surface area contributed by atoms with Gasteiger partial charge >= 0.3 is 0 Å². The summed E-state index contributed by atoms with van der Waals surface area (Å²) in [7, 11) is 0. The first-order valence-corrected chi connectivity index (χ1v) is 15.9. The van der Waals surface area contributed by atoms with Crippen LogP contribution in [0.4, 0.5) is 5.69 Å². The summed E-state index contributed by atoms with van der Waals surface area (Å²) in [5.74, 6) is 3.69. The number of carbonyl (C=O) groups excluding carboxylic acids is 1. The third kappa shape index (κ3) is 4.99. The maximum absolute atomic E-state index is 13.4. The molecule has 218 valence electrons. The van der Waals surface area contributed by atoms with Gasteiger partial charge < -0.3 is 9.64 Å². The van der Waals surface area contributed by atoms with Gasteiger partial charge in [0.05, 0.1) is 5.69 Å². The zero-order valence-electron chi connectivity index (χ0n) is 24.2. The molecular weight excluding hydrogens is 565 g/mol. The smallest absolute Gasteiger partial charge is 0.196 e. The summed E-state index contributed by atoms with van der Waals surface area (Å²) in [5, 5.41) is 8.42. The first-order valence-electron chi connectivity index (χ1n) is 15.2. The van der Waals surface area contributed by atoms with E-state index in [4.69, 9.17) is 33.0 Å². The van der Waals surface area contributed by atoms with Crippen LogP contribution in [0.2, 0.25) is 10.0 Å². The maximum Gasteiger partial charge on any atom is 0.196 e. The number of ether oxygens (including phenoxy) is 1. The molecular formula is C35H37Cl2N3O2. The normalized spacial score (nSPS) is 28.6. The van der Waals surface area contributed by atoms with E-state index in [1.54, 1.807) is 6.92 Å². The first-order chi connectivity index (χ1) is 20.3. The topological polar surface area (TPSA) is 45.1 Å². The molecule has 5 nitrogen and oxygen atoms in total. The van der Waals surface area contributed by atoms with Gasteiger partial charge in [0.15, 0.2) is 17.8 Å². The number of hydrogen-bond acceptors (Lipinski definition) is 5. The molecule has 42 heavy (non-hydrogen) atoms. The van der Waals surface area contributed by atoms with E-state index in [-0.39, 0.29) is 23.4 Å². The Bertz CT molecular complexity index is 1470. The number of anilines is 1. The molecule has 0 N–H and O–H groups in total. The van der Waals surface area contributed by atoms with Crippen molar-refractivity contribution in [3.63, 3.8) is 0 Å². The van der Waals surface area contributed by atoms with Crippen molar-refractivity contribution in [3.05, 3.63) is 94.0 Å². The number of nitrogens with zero attached hydrogens (tertiary/aromatic N) is 3. The summed E-state index contributed by atoms with van der Waals surface area (Å²) < 4.78 is 6.50. The van der Waals surface area contributed by atoms with Crippen molar-refractivity contribution in [1.82, 2.24) is 4.90 Å². The minimum absolute atomic E-state index is 0.0207. The number of halogens is 2. The molecule has 4 saturated carbocycles. The van der Waals surface area contributed by atoms with Gasteiger partial charge in [0, 0.05) is 28.6 Å². The van der Waals surface area contributed by atoms with Crippen molar-refractivity contribution in [3.8, 4) is 5.75 Å². The highest BCUT2D eigenvalue weighted by Gasteiger charge is 2.57. The highest BCUT2D eigenvalue weighted by atomic mass is 35.5. The van der Waals surface area contributed by atoms with Gasteiger partial charge in [-0.15, -0.1) is 5.10 Å². The predicted molar refractivity (Wildman–Crippen MR) is 169 cm³/mol. The molecule has 0 aromatic heterocycles. The molecule has 5 aliphatic rings. The Morgan fingerprint density at radius 3 is 2.07 bits per heavy atom. The molecule has 0 amide bonds. The van der Waals surface area contributed by atoms with Gasteiger partial charge in [-0.3, -0.25) is 4.79 Å². The second kappa shape index (κ2) is 10.9. The quantitative estimate of drug-likeness (QED) is 0.258. The van der Waals surface area contributed by atoms with Gasteiger partial charge in [0.2, 0.25) is 0 Å². The standard InChI is InChI=1S/C35H37Cl2N3O2/c1-22(41)33-38-40(30-13-11-29(37)12-14-30)34(31-5-3-4-6-32(31)42-21-24-7-9-28(36)10-8-24)39(33)23(2)35-18-25-15-26(19-35)17-27(16-25)20-35/h3-14,23,25-27,34H,15-21H2,1-2H3. The molecule has 8 rings (SSSR count). The number of Topliss-reactive ketones (excluding diaryl/α,β-unsaturated/α-hetero) is 1. The third-order valence-electron chi connectivity index (χ3n) is 10.2. The van der Waals surface area contributed by atoms with E-state index in [0.29, 0.717) is 22.5 Å². The summed E-state index contributed by atoms with van der Waals surface area (Å²) in [6.45, 7) is 4.40. The zero-order valence-corrected chi connectivity index (χ0v) is 25.7. The molecule has 3 aromatic rings. The number of rotatable bonds is 8. The highest BCUT2D eigenvalue weighted by Crippen LogP contribution is 2.63. The lowest BCUT2D eigenvalue weighted by atomic mass is 9.47. The third-order valence-corrected chi connectivity index (χ3v) is 10.7. The highest BCUT2D eigenvalue weighted by molar-refractivity contribution is 6.38. The van der Waals surface area contributed by atoms with Gasteiger partial charge in [-0.1, -0.05) is 53.5 Å². The van der Waals surface area contributed by atoms with Crippen molar-refractivity contribution < 1.29 is 9.53 Å². The molecule has 4 fully saturated rings. The number of ketones is 1. The number of carbonyl (C=O) groups is 1. The number of hydrazone groups is 1. The summed E-state index contributed by atoms with van der Waals surface area (Å²) in [6, 6.07) is 23.8. The van der Waals surface area contributed by atoms with E-state index < -0.39 is 0 Å². The molecule has 2 unspecified atom stereocenters. The maximum atomic E-state index is 13.4. The average Bonchev–Trinajstić information content (AvgIpc) is 3.37. The van der Waals surface area contributed by atoms with Gasteiger partial charge in [-0.05, 0) is 117 Å². The van der Waals surface area contributed by atoms with Gasteiger partial charge in [-0.25, -0.2) is 5.01 Å². The molecule has 0 radical (unpaired) electrons. The van der Waals surface area contributed by atoms with Crippen LogP contribution in [0.25, 0.3) is 0 Å². The van der Waals surface area contributed by atoms with E-state index in [9.17, 15) is 4.79 Å². The summed E-state index contributed by atoms with van der Waals surface area (Å²) >= 11 is 12.4. The van der Waals surface area contributed by atoms with Crippen molar-refractivity contribution >= 4 is 40.5 Å². The lowest BCUT2D eigenvalue weighted by Gasteiger charge is -2.60. The lowest BCUT2D eigenvalue weighted by molar-refractivity contribution is -0.113. The van der Waals surface area contributed by atoms with Crippen LogP contribution < -0.4 is 9.75 Å². The number of benzene rings is 3. The second-order valence-electron chi connectivity index (χ2n) is 13.0. The lowest BCUT2D eigenvalue weighted by Crippen LogP contribution is -2.58. The molecule has 7 heteroatoms. The van der Waals surface area contributed by atoms with Crippen molar-refractivity contribution in [2.75, 3.05) is 5.01 Å². The minimum Gasteiger partial charge on any atom is -0.488 e. The molecule has 0 spiro atoms. The zero-order chi connectivity index (χ0) is 29.0. The Morgan fingerprint density at radius 2 is 1.48 bits per heavy atom. The fraction of sp³-hybridized carbons (Fsp3) is 0.429. The van der Waals surface area contributed by atoms with Gasteiger partial charge in [0.25, 0.3) is 0 Å². The van der Waals surface area contributed by atoms with E-state index >= 15 is 0 Å². The van der Waals surface area contributed by atoms with Crippen LogP contribution in [0.15, 0.2) is 77.9 Å². The first kappa shape index (κ1) is 27.8. The van der Waals surface area contributed by atoms with Gasteiger partial charge in [-0.2, -0.15) is 0 Å². The Balaban J connectivity index is 1.31. The summed E-state index contributed by atoms with van der Waals surface area (Å²) in [5.41, 5.74) is 3.08. The SMILES string of the molecule is CC(=O)C1=NN(c2ccc(Cl)cc2)C(c2ccccc2OCc2ccc(Cl)cc2)N1C(C)C12CC3CC(CC(C3)C1)C2. The largest absolute Gasteiger partial charge is 0.488 e. The second-order valence-corrected chi connectivity index (χ2v) is 13.9. The van der Waals surface area contributed by atoms with Gasteiger partial charge in [0.1, 0.15) is 12.4 Å². The van der Waals surface area contributed by atoms with Crippen molar-refractivity contribution in [2.45, 2.75) is 71.2 Å². The number of hydrogen-bond donors (Lipinski definition) is 0. The molecule has 1 aliphatic heterocycles. The van der Waals surface area contributed by atoms with Crippen LogP contribution in [0.5, 0.6) is 5.75 Å². The van der Waals surface area contributed by atoms with E-state index in [2.05, 4.69) is 17.9 Å². The Hall–Kier alpha value is -3.02. The molecule has 3 aromatic carbocycles. The number of amidine groups is 1. The molecule has 2 atom stereocenters. The van der Waals surface area contributed by atoms with Crippen molar-refractivity contribution in [1.29, 1.82) is 0 Å². The molecule has 0 saturated heterocycles. The Labute approximate surface area is 258 Å². The fourth-order valence-electron chi connectivity index (χ4n) is 8.72. The van der Waals surface area contributed by atoms with E-state index in [1.807, 2.05) is 71.7 Å². The van der Waals surface area contributed by atoms with Crippen LogP contribution in [0.3, 0.4) is 0 Å². The molecule has 4 aliphatic carbocycles. The molecule has 4 bridgehead atoms. The monoisotopic (exact) mass is 601 g/mol. The summed E-state index contributed by atoms with van der Waals surface area (Å²) in [6.07, 6.45) is 7.51. The van der Waals surface area contributed by atoms with E-state index in [1.165, 1.54) is 38.5 Å². The van der Waals surface area contributed by atoms with E-state index in [0.717, 1.165) is 40.3 Å². The Morgan fingerprint density at radius 1 is 0.905 bits per heavy atom. The number of para-hydroxylation sites is 1. The average molecular weight is 603 g/mol. The van der Waals surface area contributed by atoms with Crippen LogP contribution in [0.1, 0.15) is 69.7 Å². The van der Waals surface area contributed by atoms with Crippen molar-refractivity contribution in [2.24, 2.45) is 28.3 Å². The van der Waals surface area contributed by atoms with Crippen LogP contribution in [-0.2, 0) is 11.4 Å². The molecule has 1 heterocycles.